The molecule has 0 radical (unpaired) electrons. The van der Waals surface area contributed by atoms with Gasteiger partial charge in [-0.15, -0.1) is 0 Å². The minimum absolute atomic E-state index is 0.122. The predicted molar refractivity (Wildman–Crippen MR) is 54.0 cm³/mol. The number of amides is 1. The Labute approximate surface area is 83.6 Å². The van der Waals surface area contributed by atoms with Crippen LogP contribution in [0.1, 0.15) is 12.8 Å². The average Bonchev–Trinajstić information content (AvgIpc) is 2.09. The molecule has 0 aliphatic heterocycles. The van der Waals surface area contributed by atoms with E-state index in [1.807, 2.05) is 0 Å². The third-order valence-corrected chi connectivity index (χ3v) is 2.64. The van der Waals surface area contributed by atoms with Gasteiger partial charge in [0.1, 0.15) is 0 Å². The zero-order valence-corrected chi connectivity index (χ0v) is 9.11. The van der Waals surface area contributed by atoms with Gasteiger partial charge in [-0.05, 0) is 18.9 Å². The van der Waals surface area contributed by atoms with Crippen LogP contribution in [0.25, 0.3) is 0 Å². The molecule has 0 aliphatic carbocycles. The molecule has 0 aromatic carbocycles. The molecule has 82 valence electrons. The van der Waals surface area contributed by atoms with Crippen LogP contribution in [0.4, 0.5) is 0 Å². The molecule has 0 bridgehead atoms. The van der Waals surface area contributed by atoms with Gasteiger partial charge in [0.15, 0.2) is 0 Å². The monoisotopic (exact) mass is 221 g/mol. The summed E-state index contributed by atoms with van der Waals surface area (Å²) in [5.41, 5.74) is 0. The maximum Gasteiger partial charge on any atom is 0.325 e. The highest BCUT2D eigenvalue weighted by atomic mass is 31.2. The van der Waals surface area contributed by atoms with Crippen LogP contribution in [-0.2, 0) is 9.36 Å². The van der Waals surface area contributed by atoms with E-state index in [1.165, 1.54) is 11.0 Å². The van der Waals surface area contributed by atoms with Crippen LogP contribution < -0.4 is 0 Å². The Kier molecular flexibility index (Phi) is 5.69. The van der Waals surface area contributed by atoms with Gasteiger partial charge >= 0.3 is 7.60 Å². The summed E-state index contributed by atoms with van der Waals surface area (Å²) in [6.45, 7) is 3.82. The van der Waals surface area contributed by atoms with Crippen LogP contribution in [0.5, 0.6) is 0 Å². The molecule has 0 fully saturated rings. The molecule has 0 aromatic heterocycles. The van der Waals surface area contributed by atoms with Crippen LogP contribution in [0, 0.1) is 0 Å². The number of rotatable bonds is 6. The van der Waals surface area contributed by atoms with Crippen molar-refractivity contribution in [2.45, 2.75) is 12.8 Å². The maximum atomic E-state index is 11.0. The summed E-state index contributed by atoms with van der Waals surface area (Å²) in [5.74, 6) is -0.179. The van der Waals surface area contributed by atoms with Gasteiger partial charge in [0.25, 0.3) is 0 Å². The largest absolute Gasteiger partial charge is 0.342 e. The lowest BCUT2D eigenvalue weighted by atomic mass is 10.3. The SMILES string of the molecule is C=CC(=O)N(C)CCCCP(=O)(O)O. The van der Waals surface area contributed by atoms with E-state index in [-0.39, 0.29) is 12.1 Å². The average molecular weight is 221 g/mol. The molecule has 1 amide bonds. The fourth-order valence-electron chi connectivity index (χ4n) is 0.933. The lowest BCUT2D eigenvalue weighted by molar-refractivity contribution is -0.124. The smallest absolute Gasteiger partial charge is 0.325 e. The fraction of sp³-hybridized carbons (Fsp3) is 0.625. The maximum absolute atomic E-state index is 11.0. The van der Waals surface area contributed by atoms with E-state index in [1.54, 1.807) is 7.05 Å². The lowest BCUT2D eigenvalue weighted by Gasteiger charge is -2.14. The van der Waals surface area contributed by atoms with Gasteiger partial charge in [-0.25, -0.2) is 0 Å². The van der Waals surface area contributed by atoms with Crippen molar-refractivity contribution in [3.63, 3.8) is 0 Å². The van der Waals surface area contributed by atoms with Gasteiger partial charge in [-0.2, -0.15) is 0 Å². The molecule has 2 N–H and O–H groups in total. The zero-order chi connectivity index (χ0) is 11.2. The first-order chi connectivity index (χ1) is 6.37. The highest BCUT2D eigenvalue weighted by Gasteiger charge is 2.12. The van der Waals surface area contributed by atoms with Crippen LogP contribution in [0.15, 0.2) is 12.7 Å². The number of likely N-dealkylation sites (N-methyl/N-ethyl adjacent to an activating group) is 1. The number of nitrogens with zero attached hydrogens (tertiary/aromatic N) is 1. The van der Waals surface area contributed by atoms with E-state index in [2.05, 4.69) is 6.58 Å². The molecule has 14 heavy (non-hydrogen) atoms. The Bertz CT molecular complexity index is 248. The van der Waals surface area contributed by atoms with E-state index >= 15 is 0 Å². The molecule has 0 saturated heterocycles. The predicted octanol–water partition coefficient (Wildman–Crippen LogP) is 0.589. The minimum atomic E-state index is -3.88. The van der Waals surface area contributed by atoms with Gasteiger partial charge < -0.3 is 14.7 Å². The molecule has 0 unspecified atom stereocenters. The second-order valence-corrected chi connectivity index (χ2v) is 4.84. The molecule has 0 aliphatic rings. The standard InChI is InChI=1S/C8H16NO4P/c1-3-8(10)9(2)6-4-5-7-14(11,12)13/h3H,1,4-7H2,2H3,(H2,11,12,13). The van der Waals surface area contributed by atoms with Crippen molar-refractivity contribution in [1.29, 1.82) is 0 Å². The van der Waals surface area contributed by atoms with Gasteiger partial charge in [0.05, 0.1) is 0 Å². The summed E-state index contributed by atoms with van der Waals surface area (Å²) in [7, 11) is -2.25. The van der Waals surface area contributed by atoms with Gasteiger partial charge in [0.2, 0.25) is 5.91 Å². The Balaban J connectivity index is 3.60. The Morgan fingerprint density at radius 3 is 2.50 bits per heavy atom. The zero-order valence-electron chi connectivity index (χ0n) is 8.22. The van der Waals surface area contributed by atoms with Gasteiger partial charge in [-0.1, -0.05) is 6.58 Å². The summed E-state index contributed by atoms with van der Waals surface area (Å²) >= 11 is 0. The summed E-state index contributed by atoms with van der Waals surface area (Å²) < 4.78 is 10.5. The first-order valence-corrected chi connectivity index (χ1v) is 6.08. The van der Waals surface area contributed by atoms with Crippen LogP contribution in [0.2, 0.25) is 0 Å². The fourth-order valence-corrected chi connectivity index (χ4v) is 1.57. The number of hydrogen-bond acceptors (Lipinski definition) is 2. The summed E-state index contributed by atoms with van der Waals surface area (Å²) in [6, 6.07) is 0. The van der Waals surface area contributed by atoms with Crippen LogP contribution in [-0.4, -0.2) is 40.3 Å². The topological polar surface area (TPSA) is 77.8 Å². The van der Waals surface area contributed by atoms with Crippen molar-refractivity contribution < 1.29 is 19.1 Å². The summed E-state index contributed by atoms with van der Waals surface area (Å²) in [4.78, 5) is 29.5. The van der Waals surface area contributed by atoms with E-state index in [0.29, 0.717) is 19.4 Å². The number of unbranched alkanes of at least 4 members (excludes halogenated alkanes) is 1. The molecular formula is C8H16NO4P. The number of carbonyl (C=O) groups is 1. The molecule has 5 nitrogen and oxygen atoms in total. The van der Waals surface area contributed by atoms with Gasteiger partial charge in [0, 0.05) is 19.8 Å². The van der Waals surface area contributed by atoms with E-state index in [4.69, 9.17) is 9.79 Å². The highest BCUT2D eigenvalue weighted by molar-refractivity contribution is 7.51. The number of hydrogen-bond donors (Lipinski definition) is 2. The number of carbonyl (C=O) groups excluding carboxylic acids is 1. The Morgan fingerprint density at radius 2 is 2.07 bits per heavy atom. The molecular weight excluding hydrogens is 205 g/mol. The first kappa shape index (κ1) is 13.4. The molecule has 6 heteroatoms. The van der Waals surface area contributed by atoms with Crippen molar-refractivity contribution in [2.75, 3.05) is 19.8 Å². The first-order valence-electron chi connectivity index (χ1n) is 4.29. The van der Waals surface area contributed by atoms with Crippen LogP contribution in [0.3, 0.4) is 0 Å². The molecule has 0 saturated carbocycles. The quantitative estimate of drug-likeness (QED) is 0.391. The Morgan fingerprint density at radius 1 is 1.50 bits per heavy atom. The second-order valence-electron chi connectivity index (χ2n) is 3.06. The second kappa shape index (κ2) is 5.96. The molecule has 0 aromatic rings. The van der Waals surface area contributed by atoms with Crippen molar-refractivity contribution in [3.05, 3.63) is 12.7 Å². The van der Waals surface area contributed by atoms with Crippen molar-refractivity contribution in [2.24, 2.45) is 0 Å². The van der Waals surface area contributed by atoms with E-state index < -0.39 is 7.60 Å². The van der Waals surface area contributed by atoms with E-state index in [0.717, 1.165) is 0 Å². The third-order valence-electron chi connectivity index (χ3n) is 1.74. The summed E-state index contributed by atoms with van der Waals surface area (Å²) in [5, 5.41) is 0. The van der Waals surface area contributed by atoms with Crippen molar-refractivity contribution >= 4 is 13.5 Å². The third kappa shape index (κ3) is 6.83. The molecule has 0 rings (SSSR count). The van der Waals surface area contributed by atoms with Crippen LogP contribution >= 0.6 is 7.60 Å². The molecule has 0 atom stereocenters. The minimum Gasteiger partial charge on any atom is -0.342 e. The summed E-state index contributed by atoms with van der Waals surface area (Å²) in [6.07, 6.45) is 2.09. The molecule has 0 heterocycles. The highest BCUT2D eigenvalue weighted by Crippen LogP contribution is 2.35. The van der Waals surface area contributed by atoms with Gasteiger partial charge in [-0.3, -0.25) is 9.36 Å². The lowest BCUT2D eigenvalue weighted by Crippen LogP contribution is -2.25. The normalized spacial score (nSPS) is 11.1. The van der Waals surface area contributed by atoms with Crippen molar-refractivity contribution in [1.82, 2.24) is 4.90 Å². The Hall–Kier alpha value is -0.640. The van der Waals surface area contributed by atoms with E-state index in [9.17, 15) is 9.36 Å². The molecule has 0 spiro atoms. The van der Waals surface area contributed by atoms with Crippen molar-refractivity contribution in [3.8, 4) is 0 Å².